The first-order chi connectivity index (χ1) is 8.63. The van der Waals surface area contributed by atoms with Crippen molar-refractivity contribution < 1.29 is 13.9 Å². The summed E-state index contributed by atoms with van der Waals surface area (Å²) in [5.74, 6) is -0.348. The van der Waals surface area contributed by atoms with Crippen LogP contribution >= 0.6 is 15.9 Å². The fraction of sp³-hybridized carbons (Fsp3) is 0.167. The van der Waals surface area contributed by atoms with E-state index in [1.165, 1.54) is 0 Å². The number of nitrogens with zero attached hydrogens (tertiary/aromatic N) is 1. The van der Waals surface area contributed by atoms with Gasteiger partial charge in [-0.3, -0.25) is 0 Å². The van der Waals surface area contributed by atoms with E-state index in [0.29, 0.717) is 0 Å². The van der Waals surface area contributed by atoms with E-state index < -0.39 is 5.97 Å². The Morgan fingerprint density at radius 1 is 1.50 bits per heavy atom. The van der Waals surface area contributed by atoms with Crippen LogP contribution in [0.25, 0.3) is 11.5 Å². The smallest absolute Gasteiger partial charge is 0.362 e. The fourth-order valence-electron chi connectivity index (χ4n) is 1.43. The highest BCUT2D eigenvalue weighted by Crippen LogP contribution is 2.29. The maximum atomic E-state index is 11.6. The number of rotatable bonds is 3. The van der Waals surface area contributed by atoms with Crippen LogP contribution in [-0.4, -0.2) is 17.6 Å². The second-order valence-electron chi connectivity index (χ2n) is 3.43. The predicted octanol–water partition coefficient (Wildman–Crippen LogP) is 2.86. The third kappa shape index (κ3) is 2.38. The summed E-state index contributed by atoms with van der Waals surface area (Å²) in [4.78, 5) is 15.6. The Kier molecular flexibility index (Phi) is 3.66. The van der Waals surface area contributed by atoms with Crippen LogP contribution < -0.4 is 5.73 Å². The minimum Gasteiger partial charge on any atom is -0.461 e. The highest BCUT2D eigenvalue weighted by Gasteiger charge is 2.20. The molecule has 0 fully saturated rings. The lowest BCUT2D eigenvalue weighted by Crippen LogP contribution is -2.07. The molecule has 6 heteroatoms. The van der Waals surface area contributed by atoms with E-state index in [0.717, 1.165) is 10.0 Å². The van der Waals surface area contributed by atoms with Gasteiger partial charge in [0.1, 0.15) is 0 Å². The Bertz CT molecular complexity index is 580. The number of nitrogen functional groups attached to an aromatic ring is 1. The highest BCUT2D eigenvalue weighted by molar-refractivity contribution is 9.10. The number of carbonyl (C=O) groups is 1. The number of ether oxygens (including phenoxy) is 1. The first-order valence-electron chi connectivity index (χ1n) is 5.31. The van der Waals surface area contributed by atoms with Gasteiger partial charge in [-0.15, -0.1) is 0 Å². The molecule has 0 amide bonds. The van der Waals surface area contributed by atoms with E-state index in [9.17, 15) is 4.79 Å². The summed E-state index contributed by atoms with van der Waals surface area (Å²) in [6.45, 7) is 1.97. The zero-order valence-electron chi connectivity index (χ0n) is 9.64. The zero-order chi connectivity index (χ0) is 13.1. The highest BCUT2D eigenvalue weighted by atomic mass is 79.9. The largest absolute Gasteiger partial charge is 0.461 e. The van der Waals surface area contributed by atoms with Gasteiger partial charge in [0.05, 0.1) is 12.2 Å². The van der Waals surface area contributed by atoms with Crippen LogP contribution in [0, 0.1) is 0 Å². The molecular formula is C12H11BrN2O3. The molecule has 1 aromatic carbocycles. The van der Waals surface area contributed by atoms with Crippen molar-refractivity contribution in [2.24, 2.45) is 0 Å². The van der Waals surface area contributed by atoms with E-state index in [-0.39, 0.29) is 24.1 Å². The number of anilines is 1. The Morgan fingerprint density at radius 3 is 2.89 bits per heavy atom. The summed E-state index contributed by atoms with van der Waals surface area (Å²) in [5, 5.41) is 0. The summed E-state index contributed by atoms with van der Waals surface area (Å²) < 4.78 is 10.9. The average molecular weight is 311 g/mol. The summed E-state index contributed by atoms with van der Waals surface area (Å²) in [6.07, 6.45) is 0. The van der Waals surface area contributed by atoms with Crippen molar-refractivity contribution >= 4 is 27.8 Å². The van der Waals surface area contributed by atoms with Gasteiger partial charge in [0, 0.05) is 4.47 Å². The molecule has 1 heterocycles. The van der Waals surface area contributed by atoms with Gasteiger partial charge in [0.15, 0.2) is 0 Å². The lowest BCUT2D eigenvalue weighted by molar-refractivity contribution is 0.0521. The van der Waals surface area contributed by atoms with Crippen LogP contribution in [-0.2, 0) is 4.74 Å². The number of esters is 1. The van der Waals surface area contributed by atoms with Gasteiger partial charge in [0.2, 0.25) is 17.5 Å². The van der Waals surface area contributed by atoms with Crippen LogP contribution in [0.2, 0.25) is 0 Å². The molecule has 0 unspecified atom stereocenters. The molecule has 2 N–H and O–H groups in total. The number of carbonyl (C=O) groups excluding carboxylic acids is 1. The third-order valence-corrected chi connectivity index (χ3v) is 2.92. The van der Waals surface area contributed by atoms with E-state index in [1.54, 1.807) is 6.92 Å². The van der Waals surface area contributed by atoms with Crippen molar-refractivity contribution in [2.45, 2.75) is 6.92 Å². The predicted molar refractivity (Wildman–Crippen MR) is 70.0 cm³/mol. The molecule has 2 aromatic rings. The molecule has 5 nitrogen and oxygen atoms in total. The van der Waals surface area contributed by atoms with E-state index in [2.05, 4.69) is 20.9 Å². The van der Waals surface area contributed by atoms with Gasteiger partial charge in [0.25, 0.3) is 0 Å². The van der Waals surface area contributed by atoms with Crippen LogP contribution in [0.15, 0.2) is 33.2 Å². The molecule has 0 aliphatic heterocycles. The number of hydrogen-bond acceptors (Lipinski definition) is 5. The van der Waals surface area contributed by atoms with E-state index >= 15 is 0 Å². The Hall–Kier alpha value is -1.82. The van der Waals surface area contributed by atoms with Gasteiger partial charge >= 0.3 is 5.97 Å². The molecule has 94 valence electrons. The zero-order valence-corrected chi connectivity index (χ0v) is 11.2. The Labute approximate surface area is 112 Å². The minimum absolute atomic E-state index is 0.00241. The first-order valence-corrected chi connectivity index (χ1v) is 6.11. The van der Waals surface area contributed by atoms with Crippen molar-refractivity contribution in [3.05, 3.63) is 34.4 Å². The minimum atomic E-state index is -0.586. The van der Waals surface area contributed by atoms with Crippen molar-refractivity contribution in [3.63, 3.8) is 0 Å². The molecule has 0 aliphatic rings. The van der Waals surface area contributed by atoms with E-state index in [4.69, 9.17) is 14.9 Å². The molecule has 0 saturated heterocycles. The molecule has 0 saturated carbocycles. The summed E-state index contributed by atoms with van der Waals surface area (Å²) in [7, 11) is 0. The summed E-state index contributed by atoms with van der Waals surface area (Å²) >= 11 is 3.38. The summed E-state index contributed by atoms with van der Waals surface area (Å²) in [6, 6.07) is 7.36. The number of benzene rings is 1. The van der Waals surface area contributed by atoms with Crippen molar-refractivity contribution in [3.8, 4) is 11.5 Å². The molecule has 0 atom stereocenters. The number of nitrogens with two attached hydrogens (primary N) is 1. The molecule has 0 aliphatic carbocycles. The van der Waals surface area contributed by atoms with Gasteiger partial charge in [-0.2, -0.15) is 4.98 Å². The molecule has 1 aromatic heterocycles. The number of oxazole rings is 1. The van der Waals surface area contributed by atoms with Crippen LogP contribution in [0.1, 0.15) is 17.4 Å². The SMILES string of the molecule is CCOC(=O)c1nc(-c2ccccc2Br)oc1N. The number of hydrogen-bond donors (Lipinski definition) is 1. The topological polar surface area (TPSA) is 78.3 Å². The average Bonchev–Trinajstić information content (AvgIpc) is 2.72. The van der Waals surface area contributed by atoms with Crippen molar-refractivity contribution in [2.75, 3.05) is 12.3 Å². The van der Waals surface area contributed by atoms with Gasteiger partial charge in [-0.25, -0.2) is 4.79 Å². The lowest BCUT2D eigenvalue weighted by atomic mass is 10.2. The molecule has 0 spiro atoms. The molecule has 2 rings (SSSR count). The molecule has 0 radical (unpaired) electrons. The lowest BCUT2D eigenvalue weighted by Gasteiger charge is -1.97. The maximum Gasteiger partial charge on any atom is 0.362 e. The summed E-state index contributed by atoms with van der Waals surface area (Å²) in [5.41, 5.74) is 6.34. The standard InChI is InChI=1S/C12H11BrN2O3/c1-2-17-12(16)9-10(14)18-11(15-9)7-5-3-4-6-8(7)13/h3-6H,2,14H2,1H3. The van der Waals surface area contributed by atoms with Gasteiger partial charge in [-0.1, -0.05) is 12.1 Å². The normalized spacial score (nSPS) is 10.3. The van der Waals surface area contributed by atoms with Crippen LogP contribution in [0.4, 0.5) is 5.88 Å². The quantitative estimate of drug-likeness (QED) is 0.882. The van der Waals surface area contributed by atoms with Gasteiger partial charge in [-0.05, 0) is 35.0 Å². The Balaban J connectivity index is 2.41. The number of aromatic nitrogens is 1. The second kappa shape index (κ2) is 5.22. The Morgan fingerprint density at radius 2 is 2.22 bits per heavy atom. The van der Waals surface area contributed by atoms with Crippen molar-refractivity contribution in [1.29, 1.82) is 0 Å². The van der Waals surface area contributed by atoms with Crippen LogP contribution in [0.3, 0.4) is 0 Å². The molecule has 18 heavy (non-hydrogen) atoms. The van der Waals surface area contributed by atoms with Gasteiger partial charge < -0.3 is 14.9 Å². The van der Waals surface area contributed by atoms with Crippen LogP contribution in [0.5, 0.6) is 0 Å². The third-order valence-electron chi connectivity index (χ3n) is 2.23. The fourth-order valence-corrected chi connectivity index (χ4v) is 1.88. The maximum absolute atomic E-state index is 11.6. The van der Waals surface area contributed by atoms with E-state index in [1.807, 2.05) is 24.3 Å². The molecular weight excluding hydrogens is 300 g/mol. The second-order valence-corrected chi connectivity index (χ2v) is 4.29. The molecule has 0 bridgehead atoms. The van der Waals surface area contributed by atoms with Crippen molar-refractivity contribution in [1.82, 2.24) is 4.98 Å². The first kappa shape index (κ1) is 12.6. The monoisotopic (exact) mass is 310 g/mol. The number of halogens is 1.